The largest absolute Gasteiger partial charge is 0.416 e. The standard InChI is InChI=1S/C16H29NO2/c1-2-3-4-5-6-7-8-9-10-11-12-13-15-14-17-16(18)19-15/h14H,2-13H2,1H3,(H,17,18). The van der Waals surface area contributed by atoms with Gasteiger partial charge >= 0.3 is 5.76 Å². The minimum atomic E-state index is -0.335. The van der Waals surface area contributed by atoms with Crippen molar-refractivity contribution >= 4 is 0 Å². The van der Waals surface area contributed by atoms with Gasteiger partial charge in [-0.3, -0.25) is 4.98 Å². The van der Waals surface area contributed by atoms with Crippen molar-refractivity contribution in [1.29, 1.82) is 0 Å². The van der Waals surface area contributed by atoms with Gasteiger partial charge < -0.3 is 4.42 Å². The molecule has 1 aromatic rings. The first-order chi connectivity index (χ1) is 9.33. The summed E-state index contributed by atoms with van der Waals surface area (Å²) in [7, 11) is 0. The summed E-state index contributed by atoms with van der Waals surface area (Å²) in [6.07, 6.45) is 17.3. The van der Waals surface area contributed by atoms with Crippen molar-refractivity contribution in [3.05, 3.63) is 22.5 Å². The molecule has 1 rings (SSSR count). The van der Waals surface area contributed by atoms with Gasteiger partial charge in [0.1, 0.15) is 5.76 Å². The lowest BCUT2D eigenvalue weighted by Crippen LogP contribution is -1.93. The highest BCUT2D eigenvalue weighted by atomic mass is 16.4. The Hall–Kier alpha value is -0.990. The van der Waals surface area contributed by atoms with E-state index in [1.54, 1.807) is 6.20 Å². The molecule has 0 amide bonds. The number of nitrogens with one attached hydrogen (secondary N) is 1. The Kier molecular flexibility index (Phi) is 9.21. The highest BCUT2D eigenvalue weighted by molar-refractivity contribution is 4.88. The van der Waals surface area contributed by atoms with Crippen LogP contribution in [0.25, 0.3) is 0 Å². The fourth-order valence-corrected chi connectivity index (χ4v) is 2.40. The van der Waals surface area contributed by atoms with Crippen molar-refractivity contribution in [2.75, 3.05) is 0 Å². The third-order valence-corrected chi connectivity index (χ3v) is 3.60. The molecular weight excluding hydrogens is 238 g/mol. The topological polar surface area (TPSA) is 46.0 Å². The number of hydrogen-bond donors (Lipinski definition) is 1. The van der Waals surface area contributed by atoms with E-state index in [0.29, 0.717) is 0 Å². The van der Waals surface area contributed by atoms with Crippen molar-refractivity contribution in [1.82, 2.24) is 4.98 Å². The fourth-order valence-electron chi connectivity index (χ4n) is 2.40. The van der Waals surface area contributed by atoms with Crippen LogP contribution < -0.4 is 5.76 Å². The lowest BCUT2D eigenvalue weighted by atomic mass is 10.1. The van der Waals surface area contributed by atoms with Crippen LogP contribution in [0.3, 0.4) is 0 Å². The molecule has 3 heteroatoms. The summed E-state index contributed by atoms with van der Waals surface area (Å²) < 4.78 is 4.96. The smallest absolute Gasteiger partial charge is 0.413 e. The van der Waals surface area contributed by atoms with E-state index in [2.05, 4.69) is 11.9 Å². The molecule has 0 fully saturated rings. The second-order valence-electron chi connectivity index (χ2n) is 5.43. The van der Waals surface area contributed by atoms with Gasteiger partial charge in [-0.2, -0.15) is 0 Å². The zero-order valence-corrected chi connectivity index (χ0v) is 12.4. The molecule has 0 unspecified atom stereocenters. The number of rotatable bonds is 12. The van der Waals surface area contributed by atoms with Crippen LogP contribution in [0.1, 0.15) is 83.3 Å². The highest BCUT2D eigenvalue weighted by Crippen LogP contribution is 2.12. The Bertz CT molecular complexity index is 354. The van der Waals surface area contributed by atoms with Gasteiger partial charge in [-0.05, 0) is 6.42 Å². The fraction of sp³-hybridized carbons (Fsp3) is 0.812. The Morgan fingerprint density at radius 3 is 1.89 bits per heavy atom. The number of unbranched alkanes of at least 4 members (excludes halogenated alkanes) is 10. The zero-order chi connectivity index (χ0) is 13.8. The summed E-state index contributed by atoms with van der Waals surface area (Å²) in [6, 6.07) is 0. The van der Waals surface area contributed by atoms with E-state index in [0.717, 1.165) is 18.6 Å². The molecule has 0 aliphatic carbocycles. The molecule has 0 aliphatic heterocycles. The SMILES string of the molecule is CCCCCCCCCCCCCc1c[nH]c(=O)o1. The first kappa shape index (κ1) is 16.1. The molecule has 0 aliphatic rings. The average molecular weight is 267 g/mol. The second-order valence-corrected chi connectivity index (χ2v) is 5.43. The summed E-state index contributed by atoms with van der Waals surface area (Å²) >= 11 is 0. The van der Waals surface area contributed by atoms with Gasteiger partial charge in [0.25, 0.3) is 0 Å². The molecule has 110 valence electrons. The number of oxazole rings is 1. The number of H-pyrrole nitrogens is 1. The van der Waals surface area contributed by atoms with Gasteiger partial charge in [-0.15, -0.1) is 0 Å². The maximum absolute atomic E-state index is 10.8. The predicted octanol–water partition coefficient (Wildman–Crippen LogP) is 4.82. The molecule has 0 saturated carbocycles. The van der Waals surface area contributed by atoms with Crippen LogP contribution in [-0.4, -0.2) is 4.98 Å². The molecule has 0 spiro atoms. The quantitative estimate of drug-likeness (QED) is 0.552. The van der Waals surface area contributed by atoms with Gasteiger partial charge in [-0.1, -0.05) is 71.1 Å². The van der Waals surface area contributed by atoms with Gasteiger partial charge in [0.05, 0.1) is 0 Å². The maximum Gasteiger partial charge on any atom is 0.416 e. The van der Waals surface area contributed by atoms with Crippen molar-refractivity contribution in [2.45, 2.75) is 84.0 Å². The van der Waals surface area contributed by atoms with E-state index in [9.17, 15) is 4.79 Å². The highest BCUT2D eigenvalue weighted by Gasteiger charge is 1.98. The van der Waals surface area contributed by atoms with Crippen molar-refractivity contribution in [3.63, 3.8) is 0 Å². The Balaban J connectivity index is 1.80. The van der Waals surface area contributed by atoms with E-state index < -0.39 is 0 Å². The predicted molar refractivity (Wildman–Crippen MR) is 79.5 cm³/mol. The Morgan fingerprint density at radius 2 is 1.42 bits per heavy atom. The van der Waals surface area contributed by atoms with E-state index in [4.69, 9.17) is 4.42 Å². The summed E-state index contributed by atoms with van der Waals surface area (Å²) in [5.41, 5.74) is 0. The van der Waals surface area contributed by atoms with Crippen molar-refractivity contribution < 1.29 is 4.42 Å². The van der Waals surface area contributed by atoms with Gasteiger partial charge in [-0.25, -0.2) is 4.79 Å². The molecular formula is C16H29NO2. The van der Waals surface area contributed by atoms with Crippen LogP contribution in [0.4, 0.5) is 0 Å². The molecule has 0 saturated heterocycles. The van der Waals surface area contributed by atoms with Crippen LogP contribution >= 0.6 is 0 Å². The van der Waals surface area contributed by atoms with Crippen LogP contribution in [0.5, 0.6) is 0 Å². The average Bonchev–Trinajstić information content (AvgIpc) is 2.82. The van der Waals surface area contributed by atoms with E-state index in [1.165, 1.54) is 64.2 Å². The molecule has 19 heavy (non-hydrogen) atoms. The molecule has 1 heterocycles. The molecule has 0 bridgehead atoms. The molecule has 0 radical (unpaired) electrons. The van der Waals surface area contributed by atoms with Crippen molar-refractivity contribution in [3.8, 4) is 0 Å². The summed E-state index contributed by atoms with van der Waals surface area (Å²) in [4.78, 5) is 13.3. The lowest BCUT2D eigenvalue weighted by molar-refractivity contribution is 0.457. The summed E-state index contributed by atoms with van der Waals surface area (Å²) in [6.45, 7) is 2.26. The third-order valence-electron chi connectivity index (χ3n) is 3.60. The molecule has 0 atom stereocenters. The molecule has 3 nitrogen and oxygen atoms in total. The van der Waals surface area contributed by atoms with Crippen LogP contribution in [0.2, 0.25) is 0 Å². The Morgan fingerprint density at radius 1 is 0.895 bits per heavy atom. The molecule has 1 N–H and O–H groups in total. The zero-order valence-electron chi connectivity index (χ0n) is 12.4. The van der Waals surface area contributed by atoms with Crippen LogP contribution in [-0.2, 0) is 6.42 Å². The van der Waals surface area contributed by atoms with E-state index >= 15 is 0 Å². The number of aryl methyl sites for hydroxylation is 1. The monoisotopic (exact) mass is 267 g/mol. The van der Waals surface area contributed by atoms with Gasteiger partial charge in [0, 0.05) is 12.6 Å². The number of hydrogen-bond acceptors (Lipinski definition) is 2. The summed E-state index contributed by atoms with van der Waals surface area (Å²) in [5, 5.41) is 0. The minimum absolute atomic E-state index is 0.335. The minimum Gasteiger partial charge on any atom is -0.413 e. The first-order valence-corrected chi connectivity index (χ1v) is 8.00. The van der Waals surface area contributed by atoms with E-state index in [-0.39, 0.29) is 5.76 Å². The van der Waals surface area contributed by atoms with Crippen LogP contribution in [0.15, 0.2) is 15.4 Å². The third kappa shape index (κ3) is 8.68. The molecule has 0 aromatic carbocycles. The maximum atomic E-state index is 10.8. The first-order valence-electron chi connectivity index (χ1n) is 8.00. The van der Waals surface area contributed by atoms with Crippen LogP contribution in [0, 0.1) is 0 Å². The second kappa shape index (κ2) is 10.9. The lowest BCUT2D eigenvalue weighted by Gasteiger charge is -2.01. The van der Waals surface area contributed by atoms with Gasteiger partial charge in [0.15, 0.2) is 0 Å². The number of aromatic amines is 1. The van der Waals surface area contributed by atoms with E-state index in [1.807, 2.05) is 0 Å². The summed E-state index contributed by atoms with van der Waals surface area (Å²) in [5.74, 6) is 0.457. The number of aromatic nitrogens is 1. The van der Waals surface area contributed by atoms with Crippen molar-refractivity contribution in [2.24, 2.45) is 0 Å². The normalized spacial score (nSPS) is 11.0. The Labute approximate surface area is 116 Å². The van der Waals surface area contributed by atoms with Gasteiger partial charge in [0.2, 0.25) is 0 Å². The molecule has 1 aromatic heterocycles.